The summed E-state index contributed by atoms with van der Waals surface area (Å²) < 4.78 is 0. The number of H-pyrrole nitrogens is 1. The summed E-state index contributed by atoms with van der Waals surface area (Å²) in [5.74, 6) is 0.175. The second kappa shape index (κ2) is 5.26. The fraction of sp³-hybridized carbons (Fsp3) is 0.467. The Labute approximate surface area is 117 Å². The van der Waals surface area contributed by atoms with E-state index in [9.17, 15) is 5.26 Å². The molecule has 3 nitrogen and oxygen atoms in total. The Morgan fingerprint density at radius 1 is 1.37 bits per heavy atom. The first-order chi connectivity index (χ1) is 9.26. The molecule has 19 heavy (non-hydrogen) atoms. The second-order valence-electron chi connectivity index (χ2n) is 5.24. The van der Waals surface area contributed by atoms with E-state index in [1.807, 2.05) is 6.07 Å². The third-order valence-corrected chi connectivity index (χ3v) is 5.03. The second-order valence-corrected chi connectivity index (χ2v) is 6.47. The van der Waals surface area contributed by atoms with Crippen LogP contribution in [0, 0.1) is 24.2 Å². The minimum absolute atomic E-state index is 0.175. The summed E-state index contributed by atoms with van der Waals surface area (Å²) >= 11 is 1.74. The molecule has 0 radical (unpaired) electrons. The van der Waals surface area contributed by atoms with Crippen molar-refractivity contribution in [3.8, 4) is 6.07 Å². The van der Waals surface area contributed by atoms with Crippen molar-refractivity contribution >= 4 is 22.8 Å². The molecule has 2 atom stereocenters. The highest BCUT2D eigenvalue weighted by atomic mass is 32.2. The van der Waals surface area contributed by atoms with Gasteiger partial charge in [-0.25, -0.2) is 4.98 Å². The molecule has 0 bridgehead atoms. The highest BCUT2D eigenvalue weighted by molar-refractivity contribution is 7.99. The fourth-order valence-corrected chi connectivity index (χ4v) is 3.94. The third kappa shape index (κ3) is 2.62. The number of thioether (sulfide) groups is 1. The first-order valence-corrected chi connectivity index (χ1v) is 7.67. The van der Waals surface area contributed by atoms with Crippen molar-refractivity contribution in [3.05, 3.63) is 23.8 Å². The molecule has 1 fully saturated rings. The summed E-state index contributed by atoms with van der Waals surface area (Å²) in [6.07, 6.45) is 4.58. The first-order valence-electron chi connectivity index (χ1n) is 6.79. The van der Waals surface area contributed by atoms with Crippen LogP contribution in [-0.4, -0.2) is 15.2 Å². The number of imidazole rings is 1. The number of aryl methyl sites for hydroxylation is 1. The first kappa shape index (κ1) is 12.6. The smallest absolute Gasteiger partial charge is 0.166 e. The van der Waals surface area contributed by atoms with E-state index in [-0.39, 0.29) is 5.92 Å². The van der Waals surface area contributed by atoms with Gasteiger partial charge in [0.15, 0.2) is 5.16 Å². The van der Waals surface area contributed by atoms with Gasteiger partial charge in [0.1, 0.15) is 0 Å². The summed E-state index contributed by atoms with van der Waals surface area (Å²) in [7, 11) is 0. The van der Waals surface area contributed by atoms with E-state index in [0.717, 1.165) is 29.0 Å². The predicted octanol–water partition coefficient (Wildman–Crippen LogP) is 4.05. The average molecular weight is 271 g/mol. The summed E-state index contributed by atoms with van der Waals surface area (Å²) in [6.45, 7) is 2.08. The molecular weight excluding hydrogens is 254 g/mol. The van der Waals surface area contributed by atoms with Gasteiger partial charge in [0.2, 0.25) is 0 Å². The van der Waals surface area contributed by atoms with E-state index in [1.54, 1.807) is 11.8 Å². The Morgan fingerprint density at radius 3 is 3.05 bits per heavy atom. The number of aromatic amines is 1. The molecule has 0 aliphatic heterocycles. The van der Waals surface area contributed by atoms with Crippen LogP contribution in [-0.2, 0) is 0 Å². The van der Waals surface area contributed by atoms with Gasteiger partial charge in [-0.2, -0.15) is 5.26 Å². The zero-order valence-corrected chi connectivity index (χ0v) is 11.8. The normalized spacial score (nSPS) is 23.4. The molecule has 1 saturated carbocycles. The molecule has 2 aromatic rings. The topological polar surface area (TPSA) is 52.5 Å². The molecule has 1 heterocycles. The summed E-state index contributed by atoms with van der Waals surface area (Å²) in [6, 6.07) is 8.70. The molecule has 0 saturated heterocycles. The lowest BCUT2D eigenvalue weighted by molar-refractivity contribution is 0.439. The maximum Gasteiger partial charge on any atom is 0.166 e. The molecule has 1 aliphatic rings. The molecule has 1 aromatic heterocycles. The number of aromatic nitrogens is 2. The molecule has 98 valence electrons. The Morgan fingerprint density at radius 2 is 2.21 bits per heavy atom. The van der Waals surface area contributed by atoms with Crippen molar-refractivity contribution in [2.45, 2.75) is 43.0 Å². The van der Waals surface area contributed by atoms with Crippen molar-refractivity contribution in [3.63, 3.8) is 0 Å². The van der Waals surface area contributed by atoms with Crippen LogP contribution in [0.2, 0.25) is 0 Å². The molecule has 3 rings (SSSR count). The van der Waals surface area contributed by atoms with Gasteiger partial charge in [-0.05, 0) is 37.5 Å². The number of hydrogen-bond donors (Lipinski definition) is 1. The highest BCUT2D eigenvalue weighted by Crippen LogP contribution is 2.36. The quantitative estimate of drug-likeness (QED) is 0.896. The van der Waals surface area contributed by atoms with Crippen LogP contribution >= 0.6 is 11.8 Å². The number of nitrogens with one attached hydrogen (secondary N) is 1. The van der Waals surface area contributed by atoms with Gasteiger partial charge in [0.05, 0.1) is 23.0 Å². The van der Waals surface area contributed by atoms with E-state index in [0.29, 0.717) is 5.25 Å². The van der Waals surface area contributed by atoms with Crippen LogP contribution < -0.4 is 0 Å². The van der Waals surface area contributed by atoms with Crippen molar-refractivity contribution < 1.29 is 0 Å². The summed E-state index contributed by atoms with van der Waals surface area (Å²) in [5.41, 5.74) is 3.34. The molecule has 1 aliphatic carbocycles. The van der Waals surface area contributed by atoms with Gasteiger partial charge in [-0.3, -0.25) is 0 Å². The van der Waals surface area contributed by atoms with Crippen molar-refractivity contribution in [1.29, 1.82) is 5.26 Å². The van der Waals surface area contributed by atoms with Crippen molar-refractivity contribution in [2.75, 3.05) is 0 Å². The van der Waals surface area contributed by atoms with E-state index in [4.69, 9.17) is 0 Å². The van der Waals surface area contributed by atoms with Gasteiger partial charge in [-0.1, -0.05) is 30.7 Å². The van der Waals surface area contributed by atoms with Crippen LogP contribution in [0.1, 0.15) is 31.2 Å². The molecule has 1 aromatic carbocycles. The highest BCUT2D eigenvalue weighted by Gasteiger charge is 2.26. The van der Waals surface area contributed by atoms with Crippen LogP contribution in [0.4, 0.5) is 0 Å². The largest absolute Gasteiger partial charge is 0.333 e. The third-order valence-electron chi connectivity index (χ3n) is 3.75. The Kier molecular flexibility index (Phi) is 3.48. The number of benzene rings is 1. The van der Waals surface area contributed by atoms with E-state index >= 15 is 0 Å². The lowest BCUT2D eigenvalue weighted by Gasteiger charge is -2.24. The van der Waals surface area contributed by atoms with Gasteiger partial charge >= 0.3 is 0 Å². The molecule has 1 N–H and O–H groups in total. The predicted molar refractivity (Wildman–Crippen MR) is 78.0 cm³/mol. The van der Waals surface area contributed by atoms with Gasteiger partial charge in [-0.15, -0.1) is 0 Å². The van der Waals surface area contributed by atoms with Gasteiger partial charge in [0, 0.05) is 5.25 Å². The minimum Gasteiger partial charge on any atom is -0.333 e. The van der Waals surface area contributed by atoms with Crippen LogP contribution in [0.25, 0.3) is 11.0 Å². The summed E-state index contributed by atoms with van der Waals surface area (Å²) in [4.78, 5) is 7.99. The average Bonchev–Trinajstić information content (AvgIpc) is 2.80. The number of rotatable bonds is 2. The van der Waals surface area contributed by atoms with Gasteiger partial charge in [0.25, 0.3) is 0 Å². The monoisotopic (exact) mass is 271 g/mol. The SMILES string of the molecule is Cc1ccc2nc(SC3CCCCC3C#N)[nH]c2c1. The molecule has 2 unspecified atom stereocenters. The molecular formula is C15H17N3S. The lowest BCUT2D eigenvalue weighted by Crippen LogP contribution is -2.20. The minimum atomic E-state index is 0.175. The zero-order chi connectivity index (χ0) is 13.2. The van der Waals surface area contributed by atoms with Crippen LogP contribution in [0.3, 0.4) is 0 Å². The van der Waals surface area contributed by atoms with Crippen LogP contribution in [0.5, 0.6) is 0 Å². The number of hydrogen-bond acceptors (Lipinski definition) is 3. The fourth-order valence-electron chi connectivity index (χ4n) is 2.68. The van der Waals surface area contributed by atoms with E-state index < -0.39 is 0 Å². The van der Waals surface area contributed by atoms with Crippen molar-refractivity contribution in [2.24, 2.45) is 5.92 Å². The Bertz CT molecular complexity index is 626. The lowest BCUT2D eigenvalue weighted by atomic mass is 9.90. The van der Waals surface area contributed by atoms with Crippen LogP contribution in [0.15, 0.2) is 23.4 Å². The molecule has 4 heteroatoms. The zero-order valence-electron chi connectivity index (χ0n) is 11.0. The summed E-state index contributed by atoms with van der Waals surface area (Å²) in [5, 5.41) is 10.6. The molecule has 0 amide bonds. The Balaban J connectivity index is 1.82. The Hall–Kier alpha value is -1.47. The number of fused-ring (bicyclic) bond motifs is 1. The van der Waals surface area contributed by atoms with Crippen molar-refractivity contribution in [1.82, 2.24) is 9.97 Å². The standard InChI is InChI=1S/C15H17N3S/c1-10-6-7-12-13(8-10)18-15(17-12)19-14-5-3-2-4-11(14)9-16/h6-8,11,14H,2-5H2,1H3,(H,17,18). The number of nitriles is 1. The maximum absolute atomic E-state index is 9.22. The number of nitrogens with zero attached hydrogens (tertiary/aromatic N) is 2. The van der Waals surface area contributed by atoms with E-state index in [2.05, 4.69) is 35.1 Å². The maximum atomic E-state index is 9.22. The van der Waals surface area contributed by atoms with E-state index in [1.165, 1.54) is 18.4 Å². The van der Waals surface area contributed by atoms with Gasteiger partial charge < -0.3 is 4.98 Å². The molecule has 0 spiro atoms.